The van der Waals surface area contributed by atoms with Crippen molar-refractivity contribution in [3.05, 3.63) is 0 Å². The summed E-state index contributed by atoms with van der Waals surface area (Å²) in [7, 11) is -2.78. The number of nitrogens with two attached hydrogens (primary N) is 1. The van der Waals surface area contributed by atoms with Gasteiger partial charge in [0.2, 0.25) is 7.37 Å². The second-order valence-electron chi connectivity index (χ2n) is 4.72. The van der Waals surface area contributed by atoms with E-state index in [0.29, 0.717) is 32.2 Å². The van der Waals surface area contributed by atoms with Crippen LogP contribution in [-0.4, -0.2) is 36.2 Å². The summed E-state index contributed by atoms with van der Waals surface area (Å²) in [6, 6.07) is 0. The molecule has 0 aliphatic rings. The van der Waals surface area contributed by atoms with Crippen LogP contribution >= 0.6 is 7.37 Å². The van der Waals surface area contributed by atoms with Crippen LogP contribution in [0.25, 0.3) is 0 Å². The normalized spacial score (nSPS) is 18.3. The van der Waals surface area contributed by atoms with Crippen molar-refractivity contribution >= 4 is 7.37 Å². The highest BCUT2D eigenvalue weighted by Crippen LogP contribution is 2.55. The van der Waals surface area contributed by atoms with E-state index in [9.17, 15) is 9.67 Å². The Hall–Kier alpha value is 0.110. The fourth-order valence-electron chi connectivity index (χ4n) is 2.29. The third-order valence-electron chi connectivity index (χ3n) is 3.14. The van der Waals surface area contributed by atoms with Gasteiger partial charge >= 0.3 is 0 Å². The topological polar surface area (TPSA) is 72.5 Å². The van der Waals surface area contributed by atoms with Crippen molar-refractivity contribution in [3.63, 3.8) is 0 Å². The lowest BCUT2D eigenvalue weighted by molar-refractivity contribution is 0.145. The van der Waals surface area contributed by atoms with Gasteiger partial charge < -0.3 is 15.4 Å². The van der Waals surface area contributed by atoms with Gasteiger partial charge in [0, 0.05) is 6.16 Å². The van der Waals surface area contributed by atoms with Crippen LogP contribution in [0.2, 0.25) is 0 Å². The highest BCUT2D eigenvalue weighted by atomic mass is 31.2. The van der Waals surface area contributed by atoms with Crippen molar-refractivity contribution in [2.75, 3.05) is 19.3 Å². The molecule has 0 aromatic carbocycles. The van der Waals surface area contributed by atoms with E-state index in [4.69, 9.17) is 10.3 Å². The molecule has 0 bridgehead atoms. The molecule has 4 nitrogen and oxygen atoms in total. The summed E-state index contributed by atoms with van der Waals surface area (Å²) in [6.45, 7) is 6.87. The summed E-state index contributed by atoms with van der Waals surface area (Å²) in [4.78, 5) is 0. The molecular weight excluding hydrogens is 249 g/mol. The smallest absolute Gasteiger partial charge is 0.208 e. The largest absolute Gasteiger partial charge is 0.392 e. The molecule has 0 fully saturated rings. The molecule has 0 spiro atoms. The van der Waals surface area contributed by atoms with Gasteiger partial charge in [0.05, 0.1) is 18.4 Å². The summed E-state index contributed by atoms with van der Waals surface area (Å²) < 4.78 is 18.5. The van der Waals surface area contributed by atoms with Crippen molar-refractivity contribution < 1.29 is 14.2 Å². The molecular formula is C13H30NO3P. The predicted molar refractivity (Wildman–Crippen MR) is 77.4 cm³/mol. The van der Waals surface area contributed by atoms with Crippen LogP contribution in [0.4, 0.5) is 0 Å². The molecule has 0 saturated heterocycles. The molecule has 110 valence electrons. The minimum atomic E-state index is -2.78. The molecule has 0 aliphatic heterocycles. The molecule has 3 atom stereocenters. The van der Waals surface area contributed by atoms with Gasteiger partial charge in [0.25, 0.3) is 0 Å². The molecule has 0 aromatic rings. The minimum absolute atomic E-state index is 0.228. The van der Waals surface area contributed by atoms with E-state index in [0.717, 1.165) is 19.3 Å². The van der Waals surface area contributed by atoms with Crippen LogP contribution < -0.4 is 5.73 Å². The van der Waals surface area contributed by atoms with E-state index < -0.39 is 13.5 Å². The van der Waals surface area contributed by atoms with E-state index in [2.05, 4.69) is 0 Å². The third-order valence-corrected chi connectivity index (χ3v) is 6.39. The van der Waals surface area contributed by atoms with E-state index >= 15 is 0 Å². The fraction of sp³-hybridized carbons (Fsp3) is 1.00. The first-order valence-corrected chi connectivity index (χ1v) is 9.04. The lowest BCUT2D eigenvalue weighted by Crippen LogP contribution is -2.28. The van der Waals surface area contributed by atoms with Crippen molar-refractivity contribution in [3.8, 4) is 0 Å². The first-order valence-electron chi connectivity index (χ1n) is 7.17. The molecule has 0 aromatic heterocycles. The molecule has 18 heavy (non-hydrogen) atoms. The quantitative estimate of drug-likeness (QED) is 0.570. The number of hydrogen-bond donors (Lipinski definition) is 2. The van der Waals surface area contributed by atoms with Crippen molar-refractivity contribution in [2.45, 2.75) is 64.6 Å². The Morgan fingerprint density at radius 3 is 2.28 bits per heavy atom. The summed E-state index contributed by atoms with van der Waals surface area (Å²) in [6.07, 6.45) is 3.90. The second-order valence-corrected chi connectivity index (χ2v) is 7.54. The lowest BCUT2D eigenvalue weighted by Gasteiger charge is -2.30. The average molecular weight is 279 g/mol. The maximum Gasteiger partial charge on any atom is 0.208 e. The van der Waals surface area contributed by atoms with E-state index in [-0.39, 0.29) is 5.66 Å². The maximum absolute atomic E-state index is 12.9. The van der Waals surface area contributed by atoms with Crippen molar-refractivity contribution in [2.24, 2.45) is 5.73 Å². The third kappa shape index (κ3) is 5.83. The molecule has 0 saturated carbocycles. The first kappa shape index (κ1) is 18.1. The van der Waals surface area contributed by atoms with Gasteiger partial charge in [-0.2, -0.15) is 0 Å². The zero-order valence-electron chi connectivity index (χ0n) is 12.1. The van der Waals surface area contributed by atoms with Gasteiger partial charge in [0.1, 0.15) is 0 Å². The molecule has 0 heterocycles. The summed E-state index contributed by atoms with van der Waals surface area (Å²) in [5.41, 5.74) is 5.27. The zero-order chi connectivity index (χ0) is 14.0. The van der Waals surface area contributed by atoms with Gasteiger partial charge in [-0.05, 0) is 32.7 Å². The van der Waals surface area contributed by atoms with Gasteiger partial charge in [-0.1, -0.05) is 26.7 Å². The van der Waals surface area contributed by atoms with Gasteiger partial charge in [0.15, 0.2) is 0 Å². The van der Waals surface area contributed by atoms with E-state index in [1.807, 2.05) is 20.8 Å². The zero-order valence-corrected chi connectivity index (χ0v) is 13.0. The summed E-state index contributed by atoms with van der Waals surface area (Å²) in [5.74, 6) is 0. The lowest BCUT2D eigenvalue weighted by atomic mass is 10.1. The number of aliphatic hydroxyl groups excluding tert-OH is 1. The predicted octanol–water partition coefficient (Wildman–Crippen LogP) is 2.98. The van der Waals surface area contributed by atoms with Crippen molar-refractivity contribution in [1.29, 1.82) is 0 Å². The Kier molecular flexibility index (Phi) is 10.0. The molecule has 0 radical (unpaired) electrons. The monoisotopic (exact) mass is 279 g/mol. The van der Waals surface area contributed by atoms with Crippen LogP contribution in [0.1, 0.15) is 52.9 Å². The van der Waals surface area contributed by atoms with Gasteiger partial charge in [-0.15, -0.1) is 0 Å². The van der Waals surface area contributed by atoms with E-state index in [1.165, 1.54) is 0 Å². The Labute approximate surface area is 112 Å². The molecule has 3 N–H and O–H groups in total. The second kappa shape index (κ2) is 9.96. The molecule has 0 rings (SSSR count). The van der Waals surface area contributed by atoms with Crippen LogP contribution in [-0.2, 0) is 9.09 Å². The maximum atomic E-state index is 12.9. The van der Waals surface area contributed by atoms with Crippen molar-refractivity contribution in [1.82, 2.24) is 0 Å². The first-order chi connectivity index (χ1) is 8.55. The number of rotatable bonds is 11. The average Bonchev–Trinajstić information content (AvgIpc) is 2.34. The van der Waals surface area contributed by atoms with Gasteiger partial charge in [-0.25, -0.2) is 0 Å². The highest BCUT2D eigenvalue weighted by Gasteiger charge is 2.37. The molecule has 5 heteroatoms. The summed E-state index contributed by atoms with van der Waals surface area (Å²) in [5, 5.41) is 10.2. The Morgan fingerprint density at radius 1 is 1.22 bits per heavy atom. The van der Waals surface area contributed by atoms with Crippen LogP contribution in [0.15, 0.2) is 0 Å². The standard InChI is InChI=1S/C13H30NO3P/c1-4-8-12(15)13(9-5-2)18(16,17-6-3)11-7-10-14/h12-13,15H,4-11,14H2,1-3H3. The number of hydrogen-bond acceptors (Lipinski definition) is 4. The molecule has 0 aliphatic carbocycles. The fourth-order valence-corrected chi connectivity index (χ4v) is 5.33. The van der Waals surface area contributed by atoms with Crippen LogP contribution in [0.3, 0.4) is 0 Å². The SMILES string of the molecule is CCCC(O)C(CCC)P(=O)(CCCN)OCC. The minimum Gasteiger partial charge on any atom is -0.392 e. The molecule has 0 amide bonds. The van der Waals surface area contributed by atoms with Gasteiger partial charge in [-0.3, -0.25) is 4.57 Å². The Bertz CT molecular complexity index is 248. The highest BCUT2D eigenvalue weighted by molar-refractivity contribution is 7.59. The Morgan fingerprint density at radius 2 is 1.83 bits per heavy atom. The number of aliphatic hydroxyl groups is 1. The molecule has 3 unspecified atom stereocenters. The van der Waals surface area contributed by atoms with E-state index in [1.54, 1.807) is 0 Å². The van der Waals surface area contributed by atoms with Crippen LogP contribution in [0, 0.1) is 0 Å². The van der Waals surface area contributed by atoms with Crippen LogP contribution in [0.5, 0.6) is 0 Å². The summed E-state index contributed by atoms with van der Waals surface area (Å²) >= 11 is 0. The Balaban J connectivity index is 4.89.